The van der Waals surface area contributed by atoms with E-state index in [1.165, 1.54) is 33.5 Å². The van der Waals surface area contributed by atoms with Crippen LogP contribution >= 0.6 is 11.6 Å². The van der Waals surface area contributed by atoms with Crippen molar-refractivity contribution < 1.29 is 89.2 Å². The van der Waals surface area contributed by atoms with E-state index in [2.05, 4.69) is 0 Å². The fraction of sp³-hybridized carbons (Fsp3) is 0.176. The molecule has 0 aliphatic carbocycles. The summed E-state index contributed by atoms with van der Waals surface area (Å²) in [6.07, 6.45) is 0. The zero-order chi connectivity index (χ0) is 34.9. The summed E-state index contributed by atoms with van der Waals surface area (Å²) in [6, 6.07) is 22.3. The molecule has 0 heterocycles. The third-order valence-electron chi connectivity index (χ3n) is 6.03. The molecule has 14 heteroatoms. The van der Waals surface area contributed by atoms with Crippen molar-refractivity contribution in [3.8, 4) is 34.5 Å². The topological polar surface area (TPSA) is 175 Å². The summed E-state index contributed by atoms with van der Waals surface area (Å²) >= 11 is 4.74. The number of carbonyl (C=O) groups is 4. The molecule has 4 aromatic rings. The molecular formula is C34H34ClNaO12. The first kappa shape index (κ1) is 41.3. The molecule has 0 aromatic heterocycles. The minimum atomic E-state index is -1.06. The van der Waals surface area contributed by atoms with Crippen molar-refractivity contribution in [1.29, 1.82) is 0 Å². The van der Waals surface area contributed by atoms with Gasteiger partial charge in [-0.3, -0.25) is 14.4 Å². The fourth-order valence-electron chi connectivity index (χ4n) is 3.74. The van der Waals surface area contributed by atoms with Gasteiger partial charge in [0.05, 0.1) is 39.6 Å². The number of ether oxygens (including phenoxy) is 5. The summed E-state index contributed by atoms with van der Waals surface area (Å²) in [5, 5.41) is 25.4. The van der Waals surface area contributed by atoms with Crippen molar-refractivity contribution >= 4 is 35.1 Å². The number of hydrogen-bond acceptors (Lipinski definition) is 10. The van der Waals surface area contributed by atoms with Gasteiger partial charge in [-0.05, 0) is 72.8 Å². The molecule has 0 spiro atoms. The number of carbonyl (C=O) groups excluding carboxylic acids is 2. The minimum absolute atomic E-state index is 0. The molecule has 0 unspecified atom stereocenters. The average molecular weight is 693 g/mol. The van der Waals surface area contributed by atoms with E-state index in [0.717, 1.165) is 0 Å². The average Bonchev–Trinajstić information content (AvgIpc) is 3.10. The Kier molecular flexibility index (Phi) is 18.2. The summed E-state index contributed by atoms with van der Waals surface area (Å²) in [5.74, 6) is -0.134. The van der Waals surface area contributed by atoms with Gasteiger partial charge in [0.2, 0.25) is 0 Å². The summed E-state index contributed by atoms with van der Waals surface area (Å²) in [7, 11) is 6.07. The van der Waals surface area contributed by atoms with Crippen LogP contribution in [-0.2, 0) is 9.59 Å². The Balaban J connectivity index is 0.000000807. The van der Waals surface area contributed by atoms with Gasteiger partial charge in [0.1, 0.15) is 40.4 Å². The number of aromatic hydroxyl groups is 1. The van der Waals surface area contributed by atoms with E-state index in [-0.39, 0.29) is 54.2 Å². The maximum absolute atomic E-state index is 12.5. The van der Waals surface area contributed by atoms with Crippen LogP contribution in [0.2, 0.25) is 0 Å². The van der Waals surface area contributed by atoms with Gasteiger partial charge in [0.15, 0.2) is 18.2 Å². The zero-order valence-corrected chi connectivity index (χ0v) is 29.6. The van der Waals surface area contributed by atoms with Gasteiger partial charge < -0.3 is 40.4 Å². The van der Waals surface area contributed by atoms with E-state index >= 15 is 0 Å². The van der Waals surface area contributed by atoms with Gasteiger partial charge in [-0.25, -0.2) is 4.79 Å². The third kappa shape index (κ3) is 12.8. The maximum Gasteiger partial charge on any atom is 1.00 e. The van der Waals surface area contributed by atoms with Crippen molar-refractivity contribution in [3.63, 3.8) is 0 Å². The number of hydrogen-bond donors (Lipinski definition) is 3. The quantitative estimate of drug-likeness (QED) is 0.113. The van der Waals surface area contributed by atoms with E-state index in [0.29, 0.717) is 51.0 Å². The second-order valence-corrected chi connectivity index (χ2v) is 9.34. The molecule has 250 valence electrons. The fourth-order valence-corrected chi connectivity index (χ4v) is 3.74. The Morgan fingerprint density at radius 2 is 0.979 bits per heavy atom. The van der Waals surface area contributed by atoms with E-state index in [4.69, 9.17) is 45.5 Å². The van der Waals surface area contributed by atoms with Crippen molar-refractivity contribution in [2.45, 2.75) is 0 Å². The molecule has 0 saturated heterocycles. The van der Waals surface area contributed by atoms with Gasteiger partial charge in [0, 0.05) is 23.3 Å². The number of alkyl halides is 1. The molecule has 12 nitrogen and oxygen atoms in total. The zero-order valence-electron chi connectivity index (χ0n) is 27.9. The van der Waals surface area contributed by atoms with Gasteiger partial charge in [0.25, 0.3) is 0 Å². The van der Waals surface area contributed by atoms with Crippen LogP contribution in [0.5, 0.6) is 34.5 Å². The standard InChI is InChI=1S/C17H16O6.C15H14O4.C2H3ClO2.Na.H/c1-21-13-7-8-14(15(9-13)22-2)17(20)11-3-5-12(6-4-11)23-10-16(18)19;1-18-12-7-8-13(14(9-12)19-2)15(17)10-3-5-11(16)6-4-10;3-1-2(4)5;;/h3-9H,10H2,1-2H3,(H,18,19);3-9,16H,1-2H3;1H2,(H,4,5);;/q;;;+1;-1. The first-order valence-electron chi connectivity index (χ1n) is 13.5. The molecule has 4 aromatic carbocycles. The molecule has 0 amide bonds. The second kappa shape index (κ2) is 21.2. The molecule has 0 saturated carbocycles. The Hall–Kier alpha value is -4.75. The molecule has 0 radical (unpaired) electrons. The van der Waals surface area contributed by atoms with Crippen molar-refractivity contribution in [3.05, 3.63) is 107 Å². The van der Waals surface area contributed by atoms with Gasteiger partial charge in [-0.2, -0.15) is 0 Å². The number of carboxylic acids is 2. The number of benzene rings is 4. The van der Waals surface area contributed by atoms with Crippen LogP contribution < -0.4 is 53.2 Å². The Morgan fingerprint density at radius 3 is 1.31 bits per heavy atom. The Bertz CT molecular complexity index is 1670. The van der Waals surface area contributed by atoms with Crippen LogP contribution in [0.1, 0.15) is 33.3 Å². The van der Waals surface area contributed by atoms with Crippen LogP contribution in [0, 0.1) is 0 Å². The predicted octanol–water partition coefficient (Wildman–Crippen LogP) is 2.46. The smallest absolute Gasteiger partial charge is 1.00 e. The molecule has 3 N–H and O–H groups in total. The number of phenolic OH excluding ortho intramolecular Hbond substituents is 1. The van der Waals surface area contributed by atoms with E-state index in [1.807, 2.05) is 0 Å². The normalized spacial score (nSPS) is 9.52. The Labute approximate surface area is 305 Å². The van der Waals surface area contributed by atoms with E-state index in [1.54, 1.807) is 79.9 Å². The van der Waals surface area contributed by atoms with Crippen molar-refractivity contribution in [2.75, 3.05) is 40.9 Å². The Morgan fingerprint density at radius 1 is 0.604 bits per heavy atom. The number of halogens is 1. The molecule has 0 aliphatic heterocycles. The molecule has 0 atom stereocenters. The molecule has 0 aliphatic rings. The van der Waals surface area contributed by atoms with Gasteiger partial charge in [-0.1, -0.05) is 0 Å². The van der Waals surface area contributed by atoms with Crippen LogP contribution in [0.15, 0.2) is 84.9 Å². The SMILES string of the molecule is COc1ccc(C(=O)c2ccc(O)cc2)c(OC)c1.COc1ccc(C(=O)c2ccc(OCC(=O)O)cc2)c(OC)c1.O=C(O)CCl.[H-].[Na+]. The minimum Gasteiger partial charge on any atom is -1.00 e. The van der Waals surface area contributed by atoms with E-state index < -0.39 is 18.5 Å². The molecule has 4 rings (SSSR count). The molecule has 0 bridgehead atoms. The van der Waals surface area contributed by atoms with E-state index in [9.17, 15) is 24.3 Å². The number of carboxylic acid groups (broad SMARTS) is 2. The third-order valence-corrected chi connectivity index (χ3v) is 6.26. The summed E-state index contributed by atoms with van der Waals surface area (Å²) < 4.78 is 25.7. The maximum atomic E-state index is 12.5. The largest absolute Gasteiger partial charge is 1.00 e. The molecular weight excluding hydrogens is 659 g/mol. The summed E-state index contributed by atoms with van der Waals surface area (Å²) in [4.78, 5) is 44.6. The van der Waals surface area contributed by atoms with Gasteiger partial charge in [-0.15, -0.1) is 11.6 Å². The first-order valence-corrected chi connectivity index (χ1v) is 14.1. The summed E-state index contributed by atoms with van der Waals surface area (Å²) in [5.41, 5.74) is 1.79. The molecule has 0 fully saturated rings. The number of aliphatic carboxylic acids is 2. The van der Waals surface area contributed by atoms with Crippen LogP contribution in [-0.4, -0.2) is 79.8 Å². The van der Waals surface area contributed by atoms with Crippen LogP contribution in [0.4, 0.5) is 0 Å². The summed E-state index contributed by atoms with van der Waals surface area (Å²) in [6.45, 7) is -0.431. The monoisotopic (exact) mass is 692 g/mol. The number of rotatable bonds is 12. The van der Waals surface area contributed by atoms with Crippen molar-refractivity contribution in [1.82, 2.24) is 0 Å². The van der Waals surface area contributed by atoms with Crippen LogP contribution in [0.3, 0.4) is 0 Å². The number of ketones is 2. The van der Waals surface area contributed by atoms with Crippen molar-refractivity contribution in [2.24, 2.45) is 0 Å². The predicted molar refractivity (Wildman–Crippen MR) is 173 cm³/mol. The second-order valence-electron chi connectivity index (χ2n) is 9.07. The number of phenols is 1. The van der Waals surface area contributed by atoms with Crippen LogP contribution in [0.25, 0.3) is 0 Å². The number of methoxy groups -OCH3 is 4. The molecule has 48 heavy (non-hydrogen) atoms. The van der Waals surface area contributed by atoms with Gasteiger partial charge >= 0.3 is 41.5 Å². The first-order chi connectivity index (χ1) is 22.5.